The third-order valence-electron chi connectivity index (χ3n) is 3.00. The first-order valence-electron chi connectivity index (χ1n) is 6.01. The molecule has 0 saturated heterocycles. The van der Waals surface area contributed by atoms with E-state index in [2.05, 4.69) is 4.98 Å². The highest BCUT2D eigenvalue weighted by Crippen LogP contribution is 2.26. The monoisotopic (exact) mass is 306 g/mol. The first-order chi connectivity index (χ1) is 10.0. The number of nitro benzene ring substituents is 1. The highest BCUT2D eigenvalue weighted by Gasteiger charge is 2.14. The van der Waals surface area contributed by atoms with Gasteiger partial charge in [-0.15, -0.1) is 0 Å². The quantitative estimate of drug-likeness (QED) is 0.539. The second kappa shape index (κ2) is 5.14. The van der Waals surface area contributed by atoms with Gasteiger partial charge in [0.1, 0.15) is 11.3 Å². The molecular formula is C14H8ClFN2O3. The Morgan fingerprint density at radius 3 is 2.81 bits per heavy atom. The lowest BCUT2D eigenvalue weighted by molar-refractivity contribution is -0.385. The molecule has 3 aromatic rings. The minimum Gasteiger partial charge on any atom is -0.439 e. The van der Waals surface area contributed by atoms with Crippen molar-refractivity contribution in [2.24, 2.45) is 0 Å². The predicted octanol–water partition coefficient (Wildman–Crippen LogP) is 4.12. The Balaban J connectivity index is 1.95. The van der Waals surface area contributed by atoms with E-state index < -0.39 is 10.7 Å². The van der Waals surface area contributed by atoms with Crippen molar-refractivity contribution in [2.45, 2.75) is 6.42 Å². The summed E-state index contributed by atoms with van der Waals surface area (Å²) in [6, 6.07) is 8.62. The first kappa shape index (κ1) is 13.5. The Morgan fingerprint density at radius 1 is 1.33 bits per heavy atom. The van der Waals surface area contributed by atoms with Gasteiger partial charge in [-0.05, 0) is 23.8 Å². The Labute approximate surface area is 123 Å². The summed E-state index contributed by atoms with van der Waals surface area (Å²) in [6.45, 7) is 0. The van der Waals surface area contributed by atoms with Crippen molar-refractivity contribution < 1.29 is 13.7 Å². The summed E-state index contributed by atoms with van der Waals surface area (Å²) in [5.41, 5.74) is 0.997. The fourth-order valence-corrected chi connectivity index (χ4v) is 2.20. The van der Waals surface area contributed by atoms with Crippen molar-refractivity contribution in [1.82, 2.24) is 4.98 Å². The number of aromatic nitrogens is 1. The third-order valence-corrected chi connectivity index (χ3v) is 3.30. The number of halogens is 2. The molecule has 0 aliphatic heterocycles. The highest BCUT2D eigenvalue weighted by molar-refractivity contribution is 6.34. The van der Waals surface area contributed by atoms with Crippen LogP contribution in [0.2, 0.25) is 5.02 Å². The predicted molar refractivity (Wildman–Crippen MR) is 74.9 cm³/mol. The fourth-order valence-electron chi connectivity index (χ4n) is 1.99. The number of para-hydroxylation sites is 1. The summed E-state index contributed by atoms with van der Waals surface area (Å²) in [5, 5.41) is 11.0. The SMILES string of the molecule is O=[N+]([O-])c1ccc(Cc2nc3cccc(Cl)c3o2)c(F)c1. The normalized spacial score (nSPS) is 11.0. The summed E-state index contributed by atoms with van der Waals surface area (Å²) in [6.07, 6.45) is 0.0921. The summed E-state index contributed by atoms with van der Waals surface area (Å²) < 4.78 is 19.3. The molecule has 0 aliphatic rings. The Morgan fingerprint density at radius 2 is 2.14 bits per heavy atom. The molecule has 0 unspecified atom stereocenters. The van der Waals surface area contributed by atoms with E-state index in [1.807, 2.05) is 0 Å². The minimum absolute atomic E-state index is 0.0921. The lowest BCUT2D eigenvalue weighted by atomic mass is 10.1. The average molecular weight is 307 g/mol. The van der Waals surface area contributed by atoms with Crippen molar-refractivity contribution in [3.63, 3.8) is 0 Å². The number of oxazole rings is 1. The molecule has 0 N–H and O–H groups in total. The van der Waals surface area contributed by atoms with E-state index in [4.69, 9.17) is 16.0 Å². The van der Waals surface area contributed by atoms with Crippen LogP contribution in [-0.4, -0.2) is 9.91 Å². The Hall–Kier alpha value is -2.47. The van der Waals surface area contributed by atoms with Crippen LogP contribution in [0.1, 0.15) is 11.5 Å². The second-order valence-corrected chi connectivity index (χ2v) is 4.81. The Kier molecular flexibility index (Phi) is 3.31. The van der Waals surface area contributed by atoms with Gasteiger partial charge in [0.2, 0.25) is 0 Å². The molecule has 0 amide bonds. The standard InChI is InChI=1S/C14H8ClFN2O3/c15-10-2-1-3-12-14(10)21-13(17-12)6-8-4-5-9(18(19)20)7-11(8)16/h1-5,7H,6H2. The molecule has 5 nitrogen and oxygen atoms in total. The number of hydrogen-bond acceptors (Lipinski definition) is 4. The molecule has 0 spiro atoms. The molecule has 3 rings (SSSR count). The topological polar surface area (TPSA) is 69.2 Å². The van der Waals surface area contributed by atoms with Crippen molar-refractivity contribution in [2.75, 3.05) is 0 Å². The largest absolute Gasteiger partial charge is 0.439 e. The van der Waals surface area contributed by atoms with E-state index in [0.717, 1.165) is 6.07 Å². The summed E-state index contributed by atoms with van der Waals surface area (Å²) in [5.74, 6) is -0.372. The van der Waals surface area contributed by atoms with Crippen LogP contribution < -0.4 is 0 Å². The van der Waals surface area contributed by atoms with Gasteiger partial charge >= 0.3 is 0 Å². The smallest absolute Gasteiger partial charge is 0.272 e. The van der Waals surface area contributed by atoms with Crippen molar-refractivity contribution in [3.05, 3.63) is 68.8 Å². The zero-order valence-electron chi connectivity index (χ0n) is 10.5. The van der Waals surface area contributed by atoms with Gasteiger partial charge in [0.15, 0.2) is 11.5 Å². The van der Waals surface area contributed by atoms with Crippen LogP contribution in [0.25, 0.3) is 11.1 Å². The lowest BCUT2D eigenvalue weighted by Crippen LogP contribution is -1.95. The fraction of sp³-hybridized carbons (Fsp3) is 0.0714. The van der Waals surface area contributed by atoms with Crippen LogP contribution in [0.15, 0.2) is 40.8 Å². The number of hydrogen-bond donors (Lipinski definition) is 0. The highest BCUT2D eigenvalue weighted by atomic mass is 35.5. The lowest BCUT2D eigenvalue weighted by Gasteiger charge is -1.99. The van der Waals surface area contributed by atoms with E-state index in [9.17, 15) is 14.5 Å². The van der Waals surface area contributed by atoms with Crippen LogP contribution in [0, 0.1) is 15.9 Å². The molecule has 2 aromatic carbocycles. The summed E-state index contributed by atoms with van der Waals surface area (Å²) >= 11 is 5.98. The molecule has 1 heterocycles. The van der Waals surface area contributed by atoms with Crippen LogP contribution in [0.4, 0.5) is 10.1 Å². The number of fused-ring (bicyclic) bond motifs is 1. The molecule has 0 bridgehead atoms. The number of nitro groups is 1. The molecule has 106 valence electrons. The molecule has 0 aliphatic carbocycles. The van der Waals surface area contributed by atoms with Gasteiger partial charge in [0.05, 0.1) is 22.4 Å². The third kappa shape index (κ3) is 2.57. The molecule has 0 radical (unpaired) electrons. The van der Waals surface area contributed by atoms with Crippen molar-refractivity contribution >= 4 is 28.4 Å². The van der Waals surface area contributed by atoms with Crippen LogP contribution in [0.3, 0.4) is 0 Å². The summed E-state index contributed by atoms with van der Waals surface area (Å²) in [4.78, 5) is 14.1. The second-order valence-electron chi connectivity index (χ2n) is 4.41. The van der Waals surface area contributed by atoms with E-state index in [-0.39, 0.29) is 17.7 Å². The van der Waals surface area contributed by atoms with E-state index in [1.165, 1.54) is 12.1 Å². The van der Waals surface area contributed by atoms with Gasteiger partial charge in [-0.2, -0.15) is 0 Å². The van der Waals surface area contributed by atoms with Gasteiger partial charge in [-0.3, -0.25) is 10.1 Å². The molecule has 0 fully saturated rings. The van der Waals surface area contributed by atoms with Crippen LogP contribution >= 0.6 is 11.6 Å². The zero-order valence-corrected chi connectivity index (χ0v) is 11.3. The van der Waals surface area contributed by atoms with E-state index in [0.29, 0.717) is 22.0 Å². The number of benzene rings is 2. The maximum absolute atomic E-state index is 13.8. The van der Waals surface area contributed by atoms with Crippen molar-refractivity contribution in [3.8, 4) is 0 Å². The molecule has 7 heteroatoms. The molecule has 1 aromatic heterocycles. The van der Waals surface area contributed by atoms with E-state index >= 15 is 0 Å². The van der Waals surface area contributed by atoms with Crippen LogP contribution in [-0.2, 0) is 6.42 Å². The maximum atomic E-state index is 13.8. The van der Waals surface area contributed by atoms with Crippen LogP contribution in [0.5, 0.6) is 0 Å². The zero-order chi connectivity index (χ0) is 15.0. The molecule has 0 saturated carbocycles. The van der Waals surface area contributed by atoms with Gasteiger partial charge in [-0.1, -0.05) is 17.7 Å². The number of nitrogens with zero attached hydrogens (tertiary/aromatic N) is 2. The molecule has 21 heavy (non-hydrogen) atoms. The maximum Gasteiger partial charge on any atom is 0.272 e. The van der Waals surface area contributed by atoms with Gasteiger partial charge < -0.3 is 4.42 Å². The van der Waals surface area contributed by atoms with E-state index in [1.54, 1.807) is 18.2 Å². The van der Waals surface area contributed by atoms with Gasteiger partial charge in [0.25, 0.3) is 5.69 Å². The molecular weight excluding hydrogens is 299 g/mol. The first-order valence-corrected chi connectivity index (χ1v) is 6.39. The summed E-state index contributed by atoms with van der Waals surface area (Å²) in [7, 11) is 0. The van der Waals surface area contributed by atoms with Crippen molar-refractivity contribution in [1.29, 1.82) is 0 Å². The average Bonchev–Trinajstić information content (AvgIpc) is 2.85. The van der Waals surface area contributed by atoms with Gasteiger partial charge in [-0.25, -0.2) is 9.37 Å². The number of non-ortho nitro benzene ring substituents is 1. The minimum atomic E-state index is -0.669. The molecule has 0 atom stereocenters. The Bertz CT molecular complexity index is 847. The number of rotatable bonds is 3. The van der Waals surface area contributed by atoms with Gasteiger partial charge in [0, 0.05) is 6.07 Å².